The van der Waals surface area contributed by atoms with Crippen molar-refractivity contribution < 1.29 is 9.63 Å². The Bertz CT molecular complexity index is 726. The van der Waals surface area contributed by atoms with Crippen LogP contribution < -0.4 is 0 Å². The Morgan fingerprint density at radius 1 is 1.10 bits per heavy atom. The van der Waals surface area contributed by atoms with Crippen LogP contribution in [0.5, 0.6) is 5.75 Å². The highest BCUT2D eigenvalue weighted by molar-refractivity contribution is 9.10. The van der Waals surface area contributed by atoms with Gasteiger partial charge in [-0.15, -0.1) is 0 Å². The smallest absolute Gasteiger partial charge is 0.261 e. The monoisotopic (exact) mass is 330 g/mol. The van der Waals surface area contributed by atoms with Gasteiger partial charge in [-0.25, -0.2) is 0 Å². The van der Waals surface area contributed by atoms with E-state index in [-0.39, 0.29) is 5.75 Å². The van der Waals surface area contributed by atoms with E-state index in [4.69, 9.17) is 4.52 Å². The third kappa shape index (κ3) is 2.72. The van der Waals surface area contributed by atoms with Gasteiger partial charge in [-0.2, -0.15) is 4.98 Å². The van der Waals surface area contributed by atoms with Crippen LogP contribution in [0.25, 0.3) is 11.5 Å². The van der Waals surface area contributed by atoms with Crippen molar-refractivity contribution in [2.24, 2.45) is 0 Å². The minimum absolute atomic E-state index is 0.106. The minimum atomic E-state index is 0.106. The Hall–Kier alpha value is -2.14. The maximum atomic E-state index is 9.89. The molecule has 1 N–H and O–H groups in total. The summed E-state index contributed by atoms with van der Waals surface area (Å²) in [7, 11) is 0. The van der Waals surface area contributed by atoms with E-state index in [0.29, 0.717) is 23.7 Å². The summed E-state index contributed by atoms with van der Waals surface area (Å²) in [6.07, 6.45) is 0.599. The summed E-state index contributed by atoms with van der Waals surface area (Å²) in [6, 6.07) is 15.1. The van der Waals surface area contributed by atoms with Gasteiger partial charge in [0, 0.05) is 10.9 Å². The van der Waals surface area contributed by atoms with Crippen LogP contribution in [0.15, 0.2) is 57.5 Å². The summed E-state index contributed by atoms with van der Waals surface area (Å²) >= 11 is 3.29. The van der Waals surface area contributed by atoms with Crippen molar-refractivity contribution in [1.29, 1.82) is 0 Å². The number of hydrogen-bond acceptors (Lipinski definition) is 4. The van der Waals surface area contributed by atoms with Gasteiger partial charge >= 0.3 is 0 Å². The summed E-state index contributed by atoms with van der Waals surface area (Å²) in [5.41, 5.74) is 1.64. The molecule has 0 aliphatic rings. The number of rotatable bonds is 3. The second kappa shape index (κ2) is 5.46. The molecular weight excluding hydrogens is 320 g/mol. The van der Waals surface area contributed by atoms with Gasteiger partial charge in [0.1, 0.15) is 5.75 Å². The van der Waals surface area contributed by atoms with E-state index in [1.165, 1.54) is 0 Å². The van der Waals surface area contributed by atoms with Gasteiger partial charge < -0.3 is 9.63 Å². The van der Waals surface area contributed by atoms with E-state index < -0.39 is 0 Å². The van der Waals surface area contributed by atoms with Gasteiger partial charge in [0.05, 0.1) is 5.56 Å². The topological polar surface area (TPSA) is 59.2 Å². The van der Waals surface area contributed by atoms with Crippen LogP contribution in [-0.4, -0.2) is 15.2 Å². The van der Waals surface area contributed by atoms with E-state index in [2.05, 4.69) is 26.1 Å². The second-order valence-corrected chi connectivity index (χ2v) is 5.26. The Balaban J connectivity index is 1.87. The zero-order valence-electron chi connectivity index (χ0n) is 10.5. The molecule has 100 valence electrons. The third-order valence-corrected chi connectivity index (χ3v) is 3.36. The molecule has 4 nitrogen and oxygen atoms in total. The first-order valence-electron chi connectivity index (χ1n) is 6.08. The molecule has 1 aromatic heterocycles. The summed E-state index contributed by atoms with van der Waals surface area (Å²) < 4.78 is 6.00. The zero-order chi connectivity index (χ0) is 13.9. The molecule has 0 spiro atoms. The van der Waals surface area contributed by atoms with Crippen LogP contribution in [0.2, 0.25) is 0 Å². The van der Waals surface area contributed by atoms with Crippen LogP contribution >= 0.6 is 15.9 Å². The lowest BCUT2D eigenvalue weighted by molar-refractivity contribution is 0.418. The molecule has 0 atom stereocenters. The van der Waals surface area contributed by atoms with E-state index in [9.17, 15) is 5.11 Å². The SMILES string of the molecule is Oc1cc(Br)ccc1-c1nc(Cc2ccccc2)no1. The third-order valence-electron chi connectivity index (χ3n) is 2.86. The molecule has 0 aliphatic heterocycles. The number of phenols is 1. The van der Waals surface area contributed by atoms with E-state index in [1.54, 1.807) is 12.1 Å². The van der Waals surface area contributed by atoms with Crippen LogP contribution in [0.4, 0.5) is 0 Å². The van der Waals surface area contributed by atoms with Crippen LogP contribution in [0, 0.1) is 0 Å². The summed E-state index contributed by atoms with van der Waals surface area (Å²) in [4.78, 5) is 4.31. The number of aromatic hydroxyl groups is 1. The molecule has 5 heteroatoms. The molecule has 0 amide bonds. The van der Waals surface area contributed by atoms with E-state index in [1.807, 2.05) is 36.4 Å². The summed E-state index contributed by atoms with van der Waals surface area (Å²) in [6.45, 7) is 0. The highest BCUT2D eigenvalue weighted by Gasteiger charge is 2.13. The number of phenolic OH excluding ortho intramolecular Hbond substituents is 1. The van der Waals surface area contributed by atoms with Crippen molar-refractivity contribution in [1.82, 2.24) is 10.1 Å². The van der Waals surface area contributed by atoms with Crippen molar-refractivity contribution in [3.63, 3.8) is 0 Å². The number of benzene rings is 2. The number of hydrogen-bond donors (Lipinski definition) is 1. The quantitative estimate of drug-likeness (QED) is 0.793. The molecule has 0 saturated carbocycles. The Kier molecular flexibility index (Phi) is 3.52. The predicted molar refractivity (Wildman–Crippen MR) is 78.3 cm³/mol. The van der Waals surface area contributed by atoms with Gasteiger partial charge in [0.2, 0.25) is 0 Å². The highest BCUT2D eigenvalue weighted by Crippen LogP contribution is 2.30. The van der Waals surface area contributed by atoms with Gasteiger partial charge in [-0.3, -0.25) is 0 Å². The van der Waals surface area contributed by atoms with Gasteiger partial charge in [0.25, 0.3) is 5.89 Å². The molecule has 0 unspecified atom stereocenters. The number of halogens is 1. The fourth-order valence-electron chi connectivity index (χ4n) is 1.90. The molecule has 0 bridgehead atoms. The van der Waals surface area contributed by atoms with Crippen molar-refractivity contribution >= 4 is 15.9 Å². The van der Waals surface area contributed by atoms with Crippen molar-refractivity contribution in [2.45, 2.75) is 6.42 Å². The number of aromatic nitrogens is 2. The molecule has 0 radical (unpaired) electrons. The molecule has 3 rings (SSSR count). The van der Waals surface area contributed by atoms with Crippen molar-refractivity contribution in [3.8, 4) is 17.2 Å². The lowest BCUT2D eigenvalue weighted by Crippen LogP contribution is -1.90. The van der Waals surface area contributed by atoms with Gasteiger partial charge in [-0.1, -0.05) is 51.4 Å². The Morgan fingerprint density at radius 3 is 2.65 bits per heavy atom. The summed E-state index contributed by atoms with van der Waals surface area (Å²) in [5.74, 6) is 1.02. The molecule has 0 aliphatic carbocycles. The molecule has 0 saturated heterocycles. The second-order valence-electron chi connectivity index (χ2n) is 4.34. The fourth-order valence-corrected chi connectivity index (χ4v) is 2.25. The van der Waals surface area contributed by atoms with Crippen LogP contribution in [0.1, 0.15) is 11.4 Å². The van der Waals surface area contributed by atoms with Crippen LogP contribution in [0.3, 0.4) is 0 Å². The van der Waals surface area contributed by atoms with Crippen molar-refractivity contribution in [2.75, 3.05) is 0 Å². The molecule has 1 heterocycles. The molecular formula is C15H11BrN2O2. The lowest BCUT2D eigenvalue weighted by atomic mass is 10.1. The first-order valence-corrected chi connectivity index (χ1v) is 6.87. The Labute approximate surface area is 124 Å². The molecule has 0 fully saturated rings. The van der Waals surface area contributed by atoms with Crippen molar-refractivity contribution in [3.05, 3.63) is 64.4 Å². The van der Waals surface area contributed by atoms with Gasteiger partial charge in [-0.05, 0) is 23.8 Å². The minimum Gasteiger partial charge on any atom is -0.507 e. The fraction of sp³-hybridized carbons (Fsp3) is 0.0667. The normalized spacial score (nSPS) is 10.7. The first-order chi connectivity index (χ1) is 9.72. The molecule has 20 heavy (non-hydrogen) atoms. The standard InChI is InChI=1S/C15H11BrN2O2/c16-11-6-7-12(13(19)9-11)15-17-14(18-20-15)8-10-4-2-1-3-5-10/h1-7,9,19H,8H2. The molecule has 3 aromatic rings. The average molecular weight is 331 g/mol. The highest BCUT2D eigenvalue weighted by atomic mass is 79.9. The zero-order valence-corrected chi connectivity index (χ0v) is 12.0. The van der Waals surface area contributed by atoms with E-state index >= 15 is 0 Å². The first kappa shape index (κ1) is 12.9. The largest absolute Gasteiger partial charge is 0.507 e. The Morgan fingerprint density at radius 2 is 1.90 bits per heavy atom. The van der Waals surface area contributed by atoms with Gasteiger partial charge in [0.15, 0.2) is 5.82 Å². The van der Waals surface area contributed by atoms with Crippen LogP contribution in [-0.2, 0) is 6.42 Å². The lowest BCUT2D eigenvalue weighted by Gasteiger charge is -1.99. The summed E-state index contributed by atoms with van der Waals surface area (Å²) in [5, 5.41) is 13.8. The molecule has 2 aromatic carbocycles. The van der Waals surface area contributed by atoms with E-state index in [0.717, 1.165) is 10.0 Å². The predicted octanol–water partition coefficient (Wildman–Crippen LogP) is 3.80. The average Bonchev–Trinajstić information content (AvgIpc) is 2.88. The number of nitrogens with zero attached hydrogens (tertiary/aromatic N) is 2. The maximum absolute atomic E-state index is 9.89. The maximum Gasteiger partial charge on any atom is 0.261 e.